The molecule has 1 N–H and O–H groups in total. The van der Waals surface area contributed by atoms with Crippen LogP contribution in [0.3, 0.4) is 0 Å². The Bertz CT molecular complexity index is 709. The third-order valence-electron chi connectivity index (χ3n) is 2.08. The van der Waals surface area contributed by atoms with E-state index in [-0.39, 0.29) is 10.2 Å². The summed E-state index contributed by atoms with van der Waals surface area (Å²) in [5.41, 5.74) is 0.477. The second-order valence-electron chi connectivity index (χ2n) is 3.42. The zero-order chi connectivity index (χ0) is 14.0. The van der Waals surface area contributed by atoms with Crippen molar-refractivity contribution in [3.63, 3.8) is 0 Å². The minimum atomic E-state index is -3.73. The van der Waals surface area contributed by atoms with Gasteiger partial charge in [-0.15, -0.1) is 0 Å². The van der Waals surface area contributed by atoms with Gasteiger partial charge < -0.3 is 0 Å². The largest absolute Gasteiger partial charge is 0.278 e. The molecule has 0 atom stereocenters. The third kappa shape index (κ3) is 3.77. The maximum atomic E-state index is 12.1. The molecule has 1 aromatic heterocycles. The number of rotatable bonds is 3. The Kier molecular flexibility index (Phi) is 4.64. The SMILES string of the molecule is O=S(=O)(Nc1cc(Br)ccc1I)c1cnc(Cl)nc1. The summed E-state index contributed by atoms with van der Waals surface area (Å²) in [5, 5.41) is -0.00372. The van der Waals surface area contributed by atoms with Crippen molar-refractivity contribution in [1.29, 1.82) is 0 Å². The smallest absolute Gasteiger partial charge is 0.265 e. The summed E-state index contributed by atoms with van der Waals surface area (Å²) in [6, 6.07) is 5.29. The van der Waals surface area contributed by atoms with Crippen LogP contribution in [0.5, 0.6) is 0 Å². The van der Waals surface area contributed by atoms with Crippen molar-refractivity contribution in [3.05, 3.63) is 43.9 Å². The normalized spacial score (nSPS) is 11.3. The quantitative estimate of drug-likeness (QED) is 0.548. The van der Waals surface area contributed by atoms with Gasteiger partial charge in [0, 0.05) is 8.04 Å². The lowest BCUT2D eigenvalue weighted by molar-refractivity contribution is 0.600. The summed E-state index contributed by atoms with van der Waals surface area (Å²) in [4.78, 5) is 7.25. The molecule has 9 heteroatoms. The van der Waals surface area contributed by atoms with Crippen LogP contribution in [-0.4, -0.2) is 18.4 Å². The lowest BCUT2D eigenvalue weighted by Gasteiger charge is -2.09. The van der Waals surface area contributed by atoms with Gasteiger partial charge in [-0.25, -0.2) is 18.4 Å². The van der Waals surface area contributed by atoms with E-state index >= 15 is 0 Å². The maximum Gasteiger partial charge on any atom is 0.265 e. The Morgan fingerprint density at radius 1 is 1.26 bits per heavy atom. The Morgan fingerprint density at radius 3 is 2.53 bits per heavy atom. The first kappa shape index (κ1) is 14.9. The fourth-order valence-corrected chi connectivity index (χ4v) is 3.29. The number of aromatic nitrogens is 2. The van der Waals surface area contributed by atoms with Gasteiger partial charge in [-0.3, -0.25) is 4.72 Å². The molecule has 0 saturated carbocycles. The van der Waals surface area contributed by atoms with Crippen LogP contribution in [0, 0.1) is 3.57 Å². The van der Waals surface area contributed by atoms with Gasteiger partial charge in [-0.1, -0.05) is 15.9 Å². The van der Waals surface area contributed by atoms with Crippen LogP contribution >= 0.6 is 50.1 Å². The third-order valence-corrected chi connectivity index (χ3v) is 5.03. The molecule has 100 valence electrons. The molecule has 0 aliphatic rings. The molecule has 1 heterocycles. The number of hydrogen-bond acceptors (Lipinski definition) is 4. The molecule has 0 amide bonds. The standard InChI is InChI=1S/C10H6BrClIN3O2S/c11-6-1-2-8(13)9(3-6)16-19(17,18)7-4-14-10(12)15-5-7/h1-5,16H. The molecule has 2 aromatic rings. The number of halogens is 3. The fraction of sp³-hybridized carbons (Fsp3) is 0. The van der Waals surface area contributed by atoms with Gasteiger partial charge in [0.05, 0.1) is 18.1 Å². The Balaban J connectivity index is 2.36. The lowest BCUT2D eigenvalue weighted by atomic mass is 10.3. The molecule has 0 bridgehead atoms. The minimum Gasteiger partial charge on any atom is -0.278 e. The van der Waals surface area contributed by atoms with E-state index < -0.39 is 10.0 Å². The first-order valence-electron chi connectivity index (χ1n) is 4.84. The molecule has 0 radical (unpaired) electrons. The first-order chi connectivity index (χ1) is 8.88. The Hall–Kier alpha value is -0.450. The number of benzene rings is 1. The van der Waals surface area contributed by atoms with E-state index in [9.17, 15) is 8.42 Å². The van der Waals surface area contributed by atoms with E-state index in [1.54, 1.807) is 12.1 Å². The van der Waals surface area contributed by atoms with Crippen LogP contribution in [0.4, 0.5) is 5.69 Å². The van der Waals surface area contributed by atoms with Gasteiger partial charge in [-0.2, -0.15) is 0 Å². The fourth-order valence-electron chi connectivity index (χ4n) is 1.22. The summed E-state index contributed by atoms with van der Waals surface area (Å²) in [6.45, 7) is 0. The monoisotopic (exact) mass is 473 g/mol. The zero-order valence-electron chi connectivity index (χ0n) is 9.14. The average Bonchev–Trinajstić information content (AvgIpc) is 2.34. The van der Waals surface area contributed by atoms with E-state index in [0.29, 0.717) is 5.69 Å². The topological polar surface area (TPSA) is 72.0 Å². The van der Waals surface area contributed by atoms with Gasteiger partial charge in [0.15, 0.2) is 0 Å². The molecule has 19 heavy (non-hydrogen) atoms. The number of nitrogens with one attached hydrogen (secondary N) is 1. The van der Waals surface area contributed by atoms with E-state index in [2.05, 4.69) is 30.6 Å². The zero-order valence-corrected chi connectivity index (χ0v) is 14.5. The van der Waals surface area contributed by atoms with Gasteiger partial charge >= 0.3 is 0 Å². The molecule has 0 unspecified atom stereocenters. The Labute approximate surface area is 137 Å². The van der Waals surface area contributed by atoms with Crippen LogP contribution < -0.4 is 4.72 Å². The van der Waals surface area contributed by atoms with Crippen LogP contribution in [0.2, 0.25) is 5.28 Å². The van der Waals surface area contributed by atoms with E-state index in [4.69, 9.17) is 11.6 Å². The number of nitrogens with zero attached hydrogens (tertiary/aromatic N) is 2. The summed E-state index contributed by atoms with van der Waals surface area (Å²) >= 11 is 10.9. The van der Waals surface area contributed by atoms with Crippen molar-refractivity contribution in [1.82, 2.24) is 9.97 Å². The van der Waals surface area contributed by atoms with Crippen molar-refractivity contribution in [2.45, 2.75) is 4.90 Å². The highest BCUT2D eigenvalue weighted by atomic mass is 127. The van der Waals surface area contributed by atoms with Gasteiger partial charge in [0.1, 0.15) is 4.90 Å². The van der Waals surface area contributed by atoms with Gasteiger partial charge in [0.25, 0.3) is 10.0 Å². The molecule has 0 saturated heterocycles. The number of hydrogen-bond donors (Lipinski definition) is 1. The van der Waals surface area contributed by atoms with E-state index in [1.807, 2.05) is 28.7 Å². The van der Waals surface area contributed by atoms with Crippen LogP contribution in [0.15, 0.2) is 40.0 Å². The predicted molar refractivity (Wildman–Crippen MR) is 84.7 cm³/mol. The van der Waals surface area contributed by atoms with Crippen LogP contribution in [0.25, 0.3) is 0 Å². The van der Waals surface area contributed by atoms with Crippen molar-refractivity contribution in [2.24, 2.45) is 0 Å². The molecule has 0 spiro atoms. The molecular formula is C10H6BrClIN3O2S. The van der Waals surface area contributed by atoms with Crippen molar-refractivity contribution >= 4 is 65.8 Å². The summed E-state index contributed by atoms with van der Waals surface area (Å²) in [6.07, 6.45) is 2.31. The highest BCUT2D eigenvalue weighted by molar-refractivity contribution is 14.1. The molecule has 0 aliphatic carbocycles. The average molecular weight is 475 g/mol. The van der Waals surface area contributed by atoms with Crippen molar-refractivity contribution < 1.29 is 8.42 Å². The highest BCUT2D eigenvalue weighted by Crippen LogP contribution is 2.25. The van der Waals surface area contributed by atoms with E-state index in [0.717, 1.165) is 20.4 Å². The second-order valence-corrected chi connectivity index (χ2v) is 7.52. The van der Waals surface area contributed by atoms with Gasteiger partial charge in [-0.05, 0) is 52.4 Å². The molecule has 1 aromatic carbocycles. The molecule has 2 rings (SSSR count). The van der Waals surface area contributed by atoms with Crippen LogP contribution in [0.1, 0.15) is 0 Å². The number of anilines is 1. The number of sulfonamides is 1. The van der Waals surface area contributed by atoms with Gasteiger partial charge in [0.2, 0.25) is 5.28 Å². The maximum absolute atomic E-state index is 12.1. The Morgan fingerprint density at radius 2 is 1.89 bits per heavy atom. The second kappa shape index (κ2) is 5.90. The summed E-state index contributed by atoms with van der Waals surface area (Å²) < 4.78 is 28.3. The lowest BCUT2D eigenvalue weighted by Crippen LogP contribution is -2.14. The highest BCUT2D eigenvalue weighted by Gasteiger charge is 2.16. The minimum absolute atomic E-state index is 0.00372. The van der Waals surface area contributed by atoms with Crippen LogP contribution in [-0.2, 0) is 10.0 Å². The summed E-state index contributed by atoms with van der Waals surface area (Å²) in [5.74, 6) is 0. The van der Waals surface area contributed by atoms with E-state index in [1.165, 1.54) is 0 Å². The molecule has 0 fully saturated rings. The molecule has 5 nitrogen and oxygen atoms in total. The predicted octanol–water partition coefficient (Wildman–Crippen LogP) is 3.30. The van der Waals surface area contributed by atoms with Crippen molar-refractivity contribution in [3.8, 4) is 0 Å². The van der Waals surface area contributed by atoms with Crippen molar-refractivity contribution in [2.75, 3.05) is 4.72 Å². The molecule has 0 aliphatic heterocycles. The summed E-state index contributed by atoms with van der Waals surface area (Å²) in [7, 11) is -3.73. The molecular weight excluding hydrogens is 468 g/mol. The first-order valence-corrected chi connectivity index (χ1v) is 8.57.